The zero-order valence-corrected chi connectivity index (χ0v) is 13.5. The fourth-order valence-electron chi connectivity index (χ4n) is 1.88. The van der Waals surface area contributed by atoms with Crippen LogP contribution in [0.1, 0.15) is 51.9 Å². The Kier molecular flexibility index (Phi) is 14.4. The normalized spacial score (nSPS) is 11.2. The van der Waals surface area contributed by atoms with Gasteiger partial charge in [-0.1, -0.05) is 39.0 Å². The zero-order chi connectivity index (χ0) is 11.6. The predicted octanol–water partition coefficient (Wildman–Crippen LogP) is -0.190. The lowest BCUT2D eigenvalue weighted by Gasteiger charge is -2.28. The smallest absolute Gasteiger partial charge is 0.102 e. The van der Waals surface area contributed by atoms with Gasteiger partial charge >= 0.3 is 0 Å². The molecule has 0 aromatic heterocycles. The van der Waals surface area contributed by atoms with E-state index in [0.717, 1.165) is 11.0 Å². The largest absolute Gasteiger partial charge is 1.00 e. The van der Waals surface area contributed by atoms with Gasteiger partial charge in [0, 0.05) is 0 Å². The van der Waals surface area contributed by atoms with Crippen molar-refractivity contribution in [3.8, 4) is 0 Å². The monoisotopic (exact) mass is 343 g/mol. The van der Waals surface area contributed by atoms with Crippen LogP contribution in [0, 0.1) is 0 Å². The third-order valence-electron chi connectivity index (χ3n) is 3.07. The van der Waals surface area contributed by atoms with E-state index >= 15 is 0 Å². The second kappa shape index (κ2) is 12.1. The molecule has 0 unspecified atom stereocenters. The first-order valence-electron chi connectivity index (χ1n) is 6.55. The lowest BCUT2D eigenvalue weighted by Crippen LogP contribution is -3.00. The van der Waals surface area contributed by atoms with Gasteiger partial charge in [0.05, 0.1) is 27.2 Å². The van der Waals surface area contributed by atoms with E-state index in [0.29, 0.717) is 6.61 Å². The Morgan fingerprint density at radius 3 is 1.81 bits per heavy atom. The quantitative estimate of drug-likeness (QED) is 0.331. The number of hydrogen-bond donors (Lipinski definition) is 1. The number of likely N-dealkylation sites (N-methyl/N-ethyl adjacent to an activating group) is 1. The molecule has 16 heavy (non-hydrogen) atoms. The van der Waals surface area contributed by atoms with Crippen LogP contribution in [0.25, 0.3) is 0 Å². The van der Waals surface area contributed by atoms with Crippen molar-refractivity contribution < 1.29 is 33.6 Å². The van der Waals surface area contributed by atoms with Crippen molar-refractivity contribution in [2.24, 2.45) is 0 Å². The number of halogens is 1. The number of quaternary nitrogens is 1. The van der Waals surface area contributed by atoms with E-state index in [1.807, 2.05) is 0 Å². The van der Waals surface area contributed by atoms with E-state index in [2.05, 4.69) is 21.0 Å². The standard InChI is InChI=1S/C13H30NO.HI/c1-4-5-6-7-8-9-10-11-14(2,3)12-13-15;/h15H,4-13H2,1-3H3;1H/q+1;/p-1. The Morgan fingerprint density at radius 2 is 1.31 bits per heavy atom. The summed E-state index contributed by atoms with van der Waals surface area (Å²) in [5.41, 5.74) is 0. The average molecular weight is 343 g/mol. The van der Waals surface area contributed by atoms with Gasteiger partial charge in [0.15, 0.2) is 0 Å². The molecule has 0 saturated carbocycles. The molecule has 0 fully saturated rings. The maximum Gasteiger partial charge on any atom is 0.102 e. The van der Waals surface area contributed by atoms with Crippen LogP contribution in [-0.2, 0) is 0 Å². The van der Waals surface area contributed by atoms with Crippen LogP contribution in [0.5, 0.6) is 0 Å². The first-order chi connectivity index (χ1) is 7.12. The summed E-state index contributed by atoms with van der Waals surface area (Å²) in [7, 11) is 4.40. The Morgan fingerprint density at radius 1 is 0.812 bits per heavy atom. The van der Waals surface area contributed by atoms with Gasteiger partial charge in [-0.05, 0) is 12.8 Å². The summed E-state index contributed by atoms with van der Waals surface area (Å²) in [5, 5.41) is 8.89. The van der Waals surface area contributed by atoms with Crippen molar-refractivity contribution >= 4 is 0 Å². The molecule has 0 aliphatic carbocycles. The Balaban J connectivity index is 0. The van der Waals surface area contributed by atoms with Crippen LogP contribution < -0.4 is 24.0 Å². The van der Waals surface area contributed by atoms with E-state index < -0.39 is 0 Å². The van der Waals surface area contributed by atoms with Gasteiger partial charge in [0.2, 0.25) is 0 Å². The van der Waals surface area contributed by atoms with Crippen molar-refractivity contribution in [2.45, 2.75) is 51.9 Å². The number of hydrogen-bond acceptors (Lipinski definition) is 1. The molecule has 100 valence electrons. The third-order valence-corrected chi connectivity index (χ3v) is 3.07. The first-order valence-corrected chi connectivity index (χ1v) is 6.55. The third kappa shape index (κ3) is 12.7. The van der Waals surface area contributed by atoms with E-state index in [4.69, 9.17) is 5.11 Å². The molecule has 0 saturated heterocycles. The van der Waals surface area contributed by atoms with Crippen molar-refractivity contribution in [2.75, 3.05) is 33.8 Å². The molecule has 0 rings (SSSR count). The minimum Gasteiger partial charge on any atom is -1.00 e. The van der Waals surface area contributed by atoms with Crippen LogP contribution >= 0.6 is 0 Å². The molecule has 3 heteroatoms. The van der Waals surface area contributed by atoms with Gasteiger partial charge in [-0.2, -0.15) is 0 Å². The lowest BCUT2D eigenvalue weighted by molar-refractivity contribution is -0.890. The summed E-state index contributed by atoms with van der Waals surface area (Å²) in [6.45, 7) is 4.66. The average Bonchev–Trinajstić information content (AvgIpc) is 2.16. The topological polar surface area (TPSA) is 20.2 Å². The van der Waals surface area contributed by atoms with Gasteiger partial charge in [-0.25, -0.2) is 0 Å². The molecule has 1 N–H and O–H groups in total. The molecular weight excluding hydrogens is 313 g/mol. The van der Waals surface area contributed by atoms with Crippen molar-refractivity contribution in [1.82, 2.24) is 0 Å². The van der Waals surface area contributed by atoms with Gasteiger partial charge in [0.25, 0.3) is 0 Å². The van der Waals surface area contributed by atoms with E-state index in [1.54, 1.807) is 0 Å². The molecule has 0 radical (unpaired) electrons. The Bertz CT molecular complexity index is 140. The Labute approximate surface area is 119 Å². The summed E-state index contributed by atoms with van der Waals surface area (Å²) in [4.78, 5) is 0. The molecule has 0 aromatic rings. The maximum atomic E-state index is 8.89. The number of nitrogens with zero attached hydrogens (tertiary/aromatic N) is 1. The molecule has 0 aliphatic rings. The van der Waals surface area contributed by atoms with Crippen molar-refractivity contribution in [1.29, 1.82) is 0 Å². The molecule has 2 nitrogen and oxygen atoms in total. The minimum atomic E-state index is 0. The summed E-state index contributed by atoms with van der Waals surface area (Å²) >= 11 is 0. The number of aliphatic hydroxyl groups is 1. The molecule has 0 atom stereocenters. The van der Waals surface area contributed by atoms with E-state index in [1.165, 1.54) is 51.5 Å². The van der Waals surface area contributed by atoms with Gasteiger partial charge in [-0.15, -0.1) is 0 Å². The summed E-state index contributed by atoms with van der Waals surface area (Å²) < 4.78 is 0.964. The minimum absolute atomic E-state index is 0. The fraction of sp³-hybridized carbons (Fsp3) is 1.00. The molecule has 0 aromatic carbocycles. The molecular formula is C13H30INO. The number of rotatable bonds is 10. The molecule has 0 heterocycles. The maximum absolute atomic E-state index is 8.89. The van der Waals surface area contributed by atoms with Crippen LogP contribution in [0.3, 0.4) is 0 Å². The number of aliphatic hydroxyl groups excluding tert-OH is 1. The lowest BCUT2D eigenvalue weighted by atomic mass is 10.1. The van der Waals surface area contributed by atoms with Crippen molar-refractivity contribution in [3.05, 3.63) is 0 Å². The van der Waals surface area contributed by atoms with Crippen LogP contribution in [0.2, 0.25) is 0 Å². The zero-order valence-electron chi connectivity index (χ0n) is 11.3. The highest BCUT2D eigenvalue weighted by atomic mass is 127. The first kappa shape index (κ1) is 19.0. The molecule has 0 aliphatic heterocycles. The van der Waals surface area contributed by atoms with E-state index in [-0.39, 0.29) is 24.0 Å². The van der Waals surface area contributed by atoms with Crippen LogP contribution in [-0.4, -0.2) is 43.4 Å². The highest BCUT2D eigenvalue weighted by Crippen LogP contribution is 2.08. The Hall–Kier alpha value is 0.650. The van der Waals surface area contributed by atoms with Gasteiger partial charge < -0.3 is 33.6 Å². The second-order valence-corrected chi connectivity index (χ2v) is 5.23. The highest BCUT2D eigenvalue weighted by molar-refractivity contribution is 4.45. The van der Waals surface area contributed by atoms with Crippen LogP contribution in [0.4, 0.5) is 0 Å². The SMILES string of the molecule is CCCCCCCCC[N+](C)(C)CCO.[I-]. The van der Waals surface area contributed by atoms with Crippen molar-refractivity contribution in [3.63, 3.8) is 0 Å². The fourth-order valence-corrected chi connectivity index (χ4v) is 1.88. The van der Waals surface area contributed by atoms with E-state index in [9.17, 15) is 0 Å². The van der Waals surface area contributed by atoms with Gasteiger partial charge in [-0.3, -0.25) is 0 Å². The highest BCUT2D eigenvalue weighted by Gasteiger charge is 2.12. The predicted molar refractivity (Wildman–Crippen MR) is 66.9 cm³/mol. The summed E-state index contributed by atoms with van der Waals surface area (Å²) in [6, 6.07) is 0. The molecule has 0 bridgehead atoms. The summed E-state index contributed by atoms with van der Waals surface area (Å²) in [6.07, 6.45) is 9.59. The van der Waals surface area contributed by atoms with Gasteiger partial charge in [0.1, 0.15) is 6.54 Å². The molecule has 0 spiro atoms. The number of unbranched alkanes of at least 4 members (excludes halogenated alkanes) is 6. The second-order valence-electron chi connectivity index (χ2n) is 5.23. The molecule has 0 amide bonds. The summed E-state index contributed by atoms with van der Waals surface area (Å²) in [5.74, 6) is 0. The van der Waals surface area contributed by atoms with Crippen LogP contribution in [0.15, 0.2) is 0 Å².